The van der Waals surface area contributed by atoms with Crippen LogP contribution in [0.2, 0.25) is 0 Å². The molecule has 6 heteroatoms. The van der Waals surface area contributed by atoms with Crippen LogP contribution in [-0.4, -0.2) is 26.2 Å². The zero-order chi connectivity index (χ0) is 17.2. The fourth-order valence-electron chi connectivity index (χ4n) is 2.26. The maximum absolute atomic E-state index is 13.0. The van der Waals surface area contributed by atoms with Gasteiger partial charge in [0.25, 0.3) is 0 Å². The summed E-state index contributed by atoms with van der Waals surface area (Å²) in [5.74, 6) is -2.32. The second kappa shape index (κ2) is 6.42. The van der Waals surface area contributed by atoms with Gasteiger partial charge in [-0.3, -0.25) is 9.59 Å². The van der Waals surface area contributed by atoms with Crippen molar-refractivity contribution >= 4 is 21.4 Å². The molecule has 0 aliphatic rings. The highest BCUT2D eigenvalue weighted by molar-refractivity contribution is 7.90. The first-order valence-electron chi connectivity index (χ1n) is 6.80. The number of halogens is 1. The molecule has 0 radical (unpaired) electrons. The molecule has 0 saturated carbocycles. The molecule has 0 N–H and O–H groups in total. The van der Waals surface area contributed by atoms with Crippen molar-refractivity contribution in [2.45, 2.75) is 17.7 Å². The standard InChI is InChI=1S/C17H15FO4S/c1-11(19)16(12-3-7-14(18)8-4-12)17(20)13-5-9-15(10-6-13)23(2,21)22/h3-10,16H,1-2H3. The SMILES string of the molecule is CC(=O)C(C(=O)c1ccc(S(C)(=O)=O)cc1)c1ccc(F)cc1. The van der Waals surface area contributed by atoms with Crippen molar-refractivity contribution in [3.63, 3.8) is 0 Å². The Labute approximate surface area is 133 Å². The van der Waals surface area contributed by atoms with Crippen molar-refractivity contribution in [1.29, 1.82) is 0 Å². The van der Waals surface area contributed by atoms with Gasteiger partial charge in [0.1, 0.15) is 17.5 Å². The highest BCUT2D eigenvalue weighted by Crippen LogP contribution is 2.23. The van der Waals surface area contributed by atoms with Gasteiger partial charge in [-0.2, -0.15) is 0 Å². The Bertz CT molecular complexity index is 837. The molecule has 120 valence electrons. The molecular formula is C17H15FO4S. The van der Waals surface area contributed by atoms with Gasteiger partial charge in [0, 0.05) is 11.8 Å². The summed E-state index contributed by atoms with van der Waals surface area (Å²) in [7, 11) is -3.36. The number of carbonyl (C=O) groups is 2. The van der Waals surface area contributed by atoms with Crippen LogP contribution < -0.4 is 0 Å². The maximum Gasteiger partial charge on any atom is 0.177 e. The molecule has 0 amide bonds. The summed E-state index contributed by atoms with van der Waals surface area (Å²) in [6.45, 7) is 1.29. The van der Waals surface area contributed by atoms with Crippen LogP contribution in [0.3, 0.4) is 0 Å². The van der Waals surface area contributed by atoms with E-state index in [0.29, 0.717) is 5.56 Å². The summed E-state index contributed by atoms with van der Waals surface area (Å²) in [5.41, 5.74) is 0.623. The second-order valence-corrected chi connectivity index (χ2v) is 7.27. The fraction of sp³-hybridized carbons (Fsp3) is 0.176. The molecule has 0 aromatic heterocycles. The Hall–Kier alpha value is -2.34. The zero-order valence-electron chi connectivity index (χ0n) is 12.6. The lowest BCUT2D eigenvalue weighted by molar-refractivity contribution is -0.117. The van der Waals surface area contributed by atoms with Crippen molar-refractivity contribution in [3.05, 3.63) is 65.5 Å². The van der Waals surface area contributed by atoms with Crippen LogP contribution in [0.25, 0.3) is 0 Å². The van der Waals surface area contributed by atoms with Crippen LogP contribution >= 0.6 is 0 Å². The Kier molecular flexibility index (Phi) is 4.75. The van der Waals surface area contributed by atoms with Crippen LogP contribution in [0.4, 0.5) is 4.39 Å². The average molecular weight is 334 g/mol. The molecule has 1 unspecified atom stereocenters. The number of benzene rings is 2. The van der Waals surface area contributed by atoms with Gasteiger partial charge >= 0.3 is 0 Å². The van der Waals surface area contributed by atoms with Crippen LogP contribution in [0.1, 0.15) is 28.8 Å². The molecule has 4 nitrogen and oxygen atoms in total. The molecule has 0 saturated heterocycles. The van der Waals surface area contributed by atoms with Gasteiger partial charge in [-0.15, -0.1) is 0 Å². The third-order valence-corrected chi connectivity index (χ3v) is 4.57. The number of hydrogen-bond acceptors (Lipinski definition) is 4. The van der Waals surface area contributed by atoms with E-state index in [1.165, 1.54) is 55.5 Å². The smallest absolute Gasteiger partial charge is 0.177 e. The third kappa shape index (κ3) is 3.90. The lowest BCUT2D eigenvalue weighted by Crippen LogP contribution is -2.20. The van der Waals surface area contributed by atoms with Gasteiger partial charge < -0.3 is 0 Å². The fourth-order valence-corrected chi connectivity index (χ4v) is 2.89. The number of sulfone groups is 1. The lowest BCUT2D eigenvalue weighted by Gasteiger charge is -2.13. The van der Waals surface area contributed by atoms with Gasteiger partial charge in [0.05, 0.1) is 4.90 Å². The minimum absolute atomic E-state index is 0.0928. The van der Waals surface area contributed by atoms with E-state index in [9.17, 15) is 22.4 Å². The van der Waals surface area contributed by atoms with Crippen molar-refractivity contribution in [2.24, 2.45) is 0 Å². The first-order chi connectivity index (χ1) is 10.7. The quantitative estimate of drug-likeness (QED) is 0.623. The lowest BCUT2D eigenvalue weighted by atomic mass is 9.88. The van der Waals surface area contributed by atoms with Gasteiger partial charge in [-0.1, -0.05) is 24.3 Å². The van der Waals surface area contributed by atoms with E-state index >= 15 is 0 Å². The van der Waals surface area contributed by atoms with Crippen LogP contribution in [-0.2, 0) is 14.6 Å². The van der Waals surface area contributed by atoms with Crippen molar-refractivity contribution < 1.29 is 22.4 Å². The first kappa shape index (κ1) is 17.0. The summed E-state index contributed by atoms with van der Waals surface area (Å²) in [6.07, 6.45) is 1.07. The minimum Gasteiger partial charge on any atom is -0.299 e. The molecule has 0 bridgehead atoms. The summed E-state index contributed by atoms with van der Waals surface area (Å²) < 4.78 is 35.9. The van der Waals surface area contributed by atoms with E-state index in [4.69, 9.17) is 0 Å². The molecule has 0 spiro atoms. The number of ketones is 2. The molecule has 1 atom stereocenters. The normalized spacial score (nSPS) is 12.7. The Morgan fingerprint density at radius 1 is 0.957 bits per heavy atom. The summed E-state index contributed by atoms with van der Waals surface area (Å²) in [6, 6.07) is 10.6. The van der Waals surface area contributed by atoms with Crippen LogP contribution in [0.15, 0.2) is 53.4 Å². The van der Waals surface area contributed by atoms with Crippen LogP contribution in [0.5, 0.6) is 0 Å². The van der Waals surface area contributed by atoms with Gasteiger partial charge in [-0.25, -0.2) is 12.8 Å². The third-order valence-electron chi connectivity index (χ3n) is 3.44. The molecule has 2 aromatic rings. The maximum atomic E-state index is 13.0. The predicted octanol–water partition coefficient (Wildman–Crippen LogP) is 2.78. The van der Waals surface area contributed by atoms with Crippen molar-refractivity contribution in [3.8, 4) is 0 Å². The zero-order valence-corrected chi connectivity index (χ0v) is 13.4. The number of carbonyl (C=O) groups excluding carboxylic acids is 2. The first-order valence-corrected chi connectivity index (χ1v) is 8.69. The Morgan fingerprint density at radius 3 is 1.91 bits per heavy atom. The summed E-state index contributed by atoms with van der Waals surface area (Å²) >= 11 is 0. The number of Topliss-reactive ketones (excluding diaryl/α,β-unsaturated/α-hetero) is 2. The highest BCUT2D eigenvalue weighted by Gasteiger charge is 2.26. The van der Waals surface area contributed by atoms with E-state index < -0.39 is 27.4 Å². The molecule has 2 rings (SSSR count). The predicted molar refractivity (Wildman–Crippen MR) is 83.7 cm³/mol. The van der Waals surface area contributed by atoms with Crippen LogP contribution in [0, 0.1) is 5.82 Å². The molecular weight excluding hydrogens is 319 g/mol. The Balaban J connectivity index is 2.39. The second-order valence-electron chi connectivity index (χ2n) is 5.26. The van der Waals surface area contributed by atoms with E-state index in [0.717, 1.165) is 6.26 Å². The molecule has 0 fully saturated rings. The van der Waals surface area contributed by atoms with E-state index in [-0.39, 0.29) is 16.2 Å². The average Bonchev–Trinajstić information content (AvgIpc) is 2.48. The molecule has 0 aliphatic carbocycles. The Morgan fingerprint density at radius 2 is 1.48 bits per heavy atom. The molecule has 0 heterocycles. The monoisotopic (exact) mass is 334 g/mol. The minimum atomic E-state index is -3.36. The summed E-state index contributed by atoms with van der Waals surface area (Å²) in [4.78, 5) is 24.5. The summed E-state index contributed by atoms with van der Waals surface area (Å²) in [5, 5.41) is 0. The van der Waals surface area contributed by atoms with E-state index in [1.807, 2.05) is 0 Å². The van der Waals surface area contributed by atoms with E-state index in [1.54, 1.807) is 0 Å². The molecule has 2 aromatic carbocycles. The number of rotatable bonds is 5. The van der Waals surface area contributed by atoms with E-state index in [2.05, 4.69) is 0 Å². The largest absolute Gasteiger partial charge is 0.299 e. The number of hydrogen-bond donors (Lipinski definition) is 0. The van der Waals surface area contributed by atoms with Crippen molar-refractivity contribution in [1.82, 2.24) is 0 Å². The highest BCUT2D eigenvalue weighted by atomic mass is 32.2. The topological polar surface area (TPSA) is 68.3 Å². The van der Waals surface area contributed by atoms with Gasteiger partial charge in [0.2, 0.25) is 0 Å². The van der Waals surface area contributed by atoms with Crippen molar-refractivity contribution in [2.75, 3.05) is 6.26 Å². The van der Waals surface area contributed by atoms with Gasteiger partial charge in [-0.05, 0) is 36.8 Å². The van der Waals surface area contributed by atoms with Gasteiger partial charge in [0.15, 0.2) is 15.6 Å². The molecule has 0 aliphatic heterocycles. The molecule has 23 heavy (non-hydrogen) atoms.